The molecule has 0 spiro atoms. The molecule has 0 aromatic carbocycles. The molecule has 0 saturated carbocycles. The third-order valence-corrected chi connectivity index (χ3v) is 5.46. The SMILES string of the molecule is CC(=O)c1ccc(C(=O)N2C[C@@H](CN(C)CCO)[C@@H](CO)C2)s1. The van der Waals surface area contributed by atoms with E-state index >= 15 is 0 Å². The summed E-state index contributed by atoms with van der Waals surface area (Å²) in [4.78, 5) is 28.9. The van der Waals surface area contributed by atoms with Crippen LogP contribution in [0.1, 0.15) is 26.3 Å². The number of carbonyl (C=O) groups is 2. The van der Waals surface area contributed by atoms with E-state index in [1.54, 1.807) is 17.0 Å². The molecule has 6 nitrogen and oxygen atoms in total. The number of nitrogens with zero attached hydrogens (tertiary/aromatic N) is 2. The highest BCUT2D eigenvalue weighted by Gasteiger charge is 2.36. The van der Waals surface area contributed by atoms with Crippen molar-refractivity contribution in [1.82, 2.24) is 9.80 Å². The van der Waals surface area contributed by atoms with E-state index in [0.29, 0.717) is 29.4 Å². The van der Waals surface area contributed by atoms with Crippen LogP contribution < -0.4 is 0 Å². The first kappa shape index (κ1) is 18.1. The van der Waals surface area contributed by atoms with Crippen molar-refractivity contribution in [3.8, 4) is 0 Å². The zero-order valence-electron chi connectivity index (χ0n) is 13.6. The first-order valence-corrected chi connectivity index (χ1v) is 8.58. The highest BCUT2D eigenvalue weighted by Crippen LogP contribution is 2.27. The van der Waals surface area contributed by atoms with Gasteiger partial charge in [-0.15, -0.1) is 11.3 Å². The standard InChI is InChI=1S/C16H24N2O4S/c1-11(21)14-3-4-15(23-14)16(22)18-8-12(13(9-18)10-20)7-17(2)5-6-19/h3-4,12-13,19-20H,5-10H2,1-2H3/t12-,13-/m1/s1. The largest absolute Gasteiger partial charge is 0.396 e. The van der Waals surface area contributed by atoms with E-state index in [2.05, 4.69) is 0 Å². The number of amides is 1. The highest BCUT2D eigenvalue weighted by molar-refractivity contribution is 7.15. The van der Waals surface area contributed by atoms with Crippen molar-refractivity contribution in [1.29, 1.82) is 0 Å². The molecule has 1 aliphatic heterocycles. The van der Waals surface area contributed by atoms with Crippen LogP contribution >= 0.6 is 11.3 Å². The lowest BCUT2D eigenvalue weighted by molar-refractivity contribution is 0.0783. The van der Waals surface area contributed by atoms with Crippen LogP contribution in [0.3, 0.4) is 0 Å². The topological polar surface area (TPSA) is 81.1 Å². The molecule has 2 atom stereocenters. The number of aliphatic hydroxyl groups is 2. The molecule has 1 aromatic heterocycles. The minimum Gasteiger partial charge on any atom is -0.396 e. The minimum atomic E-state index is -0.0757. The fourth-order valence-electron chi connectivity index (χ4n) is 2.98. The van der Waals surface area contributed by atoms with E-state index in [9.17, 15) is 14.7 Å². The van der Waals surface area contributed by atoms with Crippen molar-refractivity contribution in [2.24, 2.45) is 11.8 Å². The van der Waals surface area contributed by atoms with Gasteiger partial charge in [-0.25, -0.2) is 0 Å². The Morgan fingerprint density at radius 1 is 1.26 bits per heavy atom. The summed E-state index contributed by atoms with van der Waals surface area (Å²) in [6.07, 6.45) is 0. The molecular formula is C16H24N2O4S. The molecule has 1 saturated heterocycles. The Bertz CT molecular complexity index is 560. The van der Waals surface area contributed by atoms with Gasteiger partial charge in [0.05, 0.1) is 16.4 Å². The quantitative estimate of drug-likeness (QED) is 0.709. The number of rotatable bonds is 7. The van der Waals surface area contributed by atoms with Crippen LogP contribution in [-0.4, -0.2) is 78.1 Å². The van der Waals surface area contributed by atoms with Gasteiger partial charge in [-0.05, 0) is 32.0 Å². The Kier molecular flexibility index (Phi) is 6.29. The van der Waals surface area contributed by atoms with Gasteiger partial charge >= 0.3 is 0 Å². The monoisotopic (exact) mass is 340 g/mol. The van der Waals surface area contributed by atoms with Crippen molar-refractivity contribution in [2.75, 3.05) is 46.4 Å². The molecule has 0 aliphatic carbocycles. The molecule has 1 amide bonds. The number of ketones is 1. The van der Waals surface area contributed by atoms with Crippen LogP contribution in [0.15, 0.2) is 12.1 Å². The van der Waals surface area contributed by atoms with Crippen LogP contribution in [-0.2, 0) is 0 Å². The second-order valence-corrected chi connectivity index (χ2v) is 7.20. The molecule has 2 rings (SSSR count). The van der Waals surface area contributed by atoms with Crippen molar-refractivity contribution in [3.63, 3.8) is 0 Å². The molecule has 1 fully saturated rings. The van der Waals surface area contributed by atoms with Crippen LogP contribution in [0.2, 0.25) is 0 Å². The summed E-state index contributed by atoms with van der Waals surface area (Å²) in [7, 11) is 1.92. The summed E-state index contributed by atoms with van der Waals surface area (Å²) >= 11 is 1.22. The average Bonchev–Trinajstić information content (AvgIpc) is 3.13. The van der Waals surface area contributed by atoms with Gasteiger partial charge in [-0.3, -0.25) is 9.59 Å². The molecule has 1 aliphatic rings. The highest BCUT2D eigenvalue weighted by atomic mass is 32.1. The summed E-state index contributed by atoms with van der Waals surface area (Å²) < 4.78 is 0. The second kappa shape index (κ2) is 8.01. The number of carbonyl (C=O) groups excluding carboxylic acids is 2. The Balaban J connectivity index is 2.02. The fourth-order valence-corrected chi connectivity index (χ4v) is 3.85. The maximum absolute atomic E-state index is 12.6. The summed E-state index contributed by atoms with van der Waals surface area (Å²) in [5, 5.41) is 18.6. The van der Waals surface area contributed by atoms with Crippen molar-refractivity contribution in [3.05, 3.63) is 21.9 Å². The summed E-state index contributed by atoms with van der Waals surface area (Å²) in [6.45, 7) is 4.07. The molecule has 0 unspecified atom stereocenters. The maximum atomic E-state index is 12.6. The lowest BCUT2D eigenvalue weighted by Gasteiger charge is -2.23. The first-order valence-electron chi connectivity index (χ1n) is 7.76. The molecular weight excluding hydrogens is 316 g/mol. The van der Waals surface area contributed by atoms with Crippen LogP contribution in [0.25, 0.3) is 0 Å². The number of thiophene rings is 1. The van der Waals surface area contributed by atoms with Gasteiger partial charge in [0.2, 0.25) is 0 Å². The Hall–Kier alpha value is -1.28. The van der Waals surface area contributed by atoms with E-state index in [-0.39, 0.29) is 36.7 Å². The molecule has 2 heterocycles. The molecule has 7 heteroatoms. The number of hydrogen-bond acceptors (Lipinski definition) is 6. The smallest absolute Gasteiger partial charge is 0.263 e. The summed E-state index contributed by atoms with van der Waals surface area (Å²) in [5.41, 5.74) is 0. The van der Waals surface area contributed by atoms with Crippen molar-refractivity contribution < 1.29 is 19.8 Å². The predicted octanol–water partition coefficient (Wildman–Crippen LogP) is 0.555. The Morgan fingerprint density at radius 2 is 1.91 bits per heavy atom. The van der Waals surface area contributed by atoms with Gasteiger partial charge in [-0.2, -0.15) is 0 Å². The van der Waals surface area contributed by atoms with Gasteiger partial charge in [0.15, 0.2) is 5.78 Å². The molecule has 128 valence electrons. The zero-order valence-corrected chi connectivity index (χ0v) is 14.4. The van der Waals surface area contributed by atoms with E-state index in [1.807, 2.05) is 11.9 Å². The van der Waals surface area contributed by atoms with Gasteiger partial charge in [0, 0.05) is 38.7 Å². The third kappa shape index (κ3) is 4.38. The Morgan fingerprint density at radius 3 is 2.48 bits per heavy atom. The van der Waals surface area contributed by atoms with Crippen molar-refractivity contribution in [2.45, 2.75) is 6.92 Å². The van der Waals surface area contributed by atoms with Crippen LogP contribution in [0.5, 0.6) is 0 Å². The number of hydrogen-bond donors (Lipinski definition) is 2. The number of likely N-dealkylation sites (tertiary alicyclic amines) is 1. The van der Waals surface area contributed by atoms with Gasteiger partial charge in [0.1, 0.15) is 0 Å². The molecule has 1 aromatic rings. The number of likely N-dealkylation sites (N-methyl/N-ethyl adjacent to an activating group) is 1. The third-order valence-electron chi connectivity index (χ3n) is 4.29. The summed E-state index contributed by atoms with van der Waals surface area (Å²) in [5.74, 6) is 0.126. The molecule has 0 bridgehead atoms. The average molecular weight is 340 g/mol. The summed E-state index contributed by atoms with van der Waals surface area (Å²) in [6, 6.07) is 3.38. The second-order valence-electron chi connectivity index (χ2n) is 6.12. The van der Waals surface area contributed by atoms with Gasteiger partial charge < -0.3 is 20.0 Å². The van der Waals surface area contributed by atoms with Crippen LogP contribution in [0.4, 0.5) is 0 Å². The lowest BCUT2D eigenvalue weighted by Crippen LogP contribution is -2.33. The van der Waals surface area contributed by atoms with Gasteiger partial charge in [0.25, 0.3) is 5.91 Å². The predicted molar refractivity (Wildman–Crippen MR) is 88.9 cm³/mol. The van der Waals surface area contributed by atoms with Crippen LogP contribution in [0, 0.1) is 11.8 Å². The van der Waals surface area contributed by atoms with E-state index < -0.39 is 0 Å². The fraction of sp³-hybridized carbons (Fsp3) is 0.625. The normalized spacial score (nSPS) is 21.2. The van der Waals surface area contributed by atoms with Crippen molar-refractivity contribution >= 4 is 23.0 Å². The van der Waals surface area contributed by atoms with E-state index in [4.69, 9.17) is 5.11 Å². The molecule has 23 heavy (non-hydrogen) atoms. The molecule has 2 N–H and O–H groups in total. The first-order chi connectivity index (χ1) is 11.0. The number of aliphatic hydroxyl groups excluding tert-OH is 2. The molecule has 0 radical (unpaired) electrons. The minimum absolute atomic E-state index is 0.0350. The van der Waals surface area contributed by atoms with Gasteiger partial charge in [-0.1, -0.05) is 0 Å². The van der Waals surface area contributed by atoms with E-state index in [1.165, 1.54) is 18.3 Å². The zero-order chi connectivity index (χ0) is 17.0. The maximum Gasteiger partial charge on any atom is 0.263 e. The lowest BCUT2D eigenvalue weighted by atomic mass is 9.96. The van der Waals surface area contributed by atoms with E-state index in [0.717, 1.165) is 6.54 Å². The number of Topliss-reactive ketones (excluding diaryl/α,β-unsaturated/α-hetero) is 1. The Labute approximate surface area is 140 Å².